The first-order valence-electron chi connectivity index (χ1n) is 17.4. The molecule has 0 aliphatic rings. The van der Waals surface area contributed by atoms with Crippen LogP contribution in [0.4, 0.5) is 0 Å². The normalized spacial score (nSPS) is 12.0. The van der Waals surface area contributed by atoms with Crippen molar-refractivity contribution in [3.8, 4) is 33.4 Å². The number of fused-ring (bicyclic) bond motifs is 5. The molecule has 11 rings (SSSR count). The minimum atomic E-state index is 1.24. The van der Waals surface area contributed by atoms with Gasteiger partial charge in [-0.05, 0) is 121 Å². The van der Waals surface area contributed by atoms with Crippen LogP contribution in [0, 0.1) is 0 Å². The maximum atomic E-state index is 2.46. The lowest BCUT2D eigenvalue weighted by molar-refractivity contribution is 1.67. The van der Waals surface area contributed by atoms with Gasteiger partial charge >= 0.3 is 0 Å². The van der Waals surface area contributed by atoms with Gasteiger partial charge in [0.1, 0.15) is 0 Å². The van der Waals surface area contributed by atoms with Crippen LogP contribution in [0.2, 0.25) is 0 Å². The monoisotopic (exact) mass is 630 g/mol. The second kappa shape index (κ2) is 10.5. The van der Waals surface area contributed by atoms with Crippen LogP contribution in [0.3, 0.4) is 0 Å². The van der Waals surface area contributed by atoms with E-state index >= 15 is 0 Å². The van der Waals surface area contributed by atoms with E-state index in [4.69, 9.17) is 0 Å². The molecule has 0 atom stereocenters. The highest BCUT2D eigenvalue weighted by Crippen LogP contribution is 2.47. The first-order chi connectivity index (χ1) is 24.8. The zero-order valence-electron chi connectivity index (χ0n) is 27.3. The summed E-state index contributed by atoms with van der Waals surface area (Å²) in [5.74, 6) is 0. The van der Waals surface area contributed by atoms with E-state index in [0.29, 0.717) is 0 Å². The van der Waals surface area contributed by atoms with Crippen molar-refractivity contribution in [1.29, 1.82) is 0 Å². The molecule has 230 valence electrons. The quantitative estimate of drug-likeness (QED) is 0.170. The highest BCUT2D eigenvalue weighted by Gasteiger charge is 2.20. The fourth-order valence-corrected chi connectivity index (χ4v) is 8.69. The largest absolute Gasteiger partial charge is 0.0616 e. The number of hydrogen-bond donors (Lipinski definition) is 0. The first kappa shape index (κ1) is 27.5. The van der Waals surface area contributed by atoms with Gasteiger partial charge in [-0.3, -0.25) is 0 Å². The average molecular weight is 631 g/mol. The highest BCUT2D eigenvalue weighted by atomic mass is 14.2. The number of hydrogen-bond acceptors (Lipinski definition) is 0. The molecule has 0 N–H and O–H groups in total. The fraction of sp³-hybridized carbons (Fsp3) is 0. The van der Waals surface area contributed by atoms with Gasteiger partial charge in [0, 0.05) is 0 Å². The van der Waals surface area contributed by atoms with Crippen molar-refractivity contribution in [3.63, 3.8) is 0 Å². The molecule has 11 aromatic rings. The number of rotatable bonds is 3. The van der Waals surface area contributed by atoms with Gasteiger partial charge < -0.3 is 0 Å². The van der Waals surface area contributed by atoms with Crippen molar-refractivity contribution >= 4 is 75.4 Å². The minimum Gasteiger partial charge on any atom is -0.0616 e. The maximum Gasteiger partial charge on any atom is -0.00141 e. The van der Waals surface area contributed by atoms with Crippen LogP contribution < -0.4 is 0 Å². The molecule has 0 bridgehead atoms. The Hall–Kier alpha value is -6.50. The molecular weight excluding hydrogens is 601 g/mol. The van der Waals surface area contributed by atoms with Crippen LogP contribution >= 0.6 is 0 Å². The predicted octanol–water partition coefficient (Wildman–Crippen LogP) is 14.2. The van der Waals surface area contributed by atoms with Crippen molar-refractivity contribution in [2.45, 2.75) is 0 Å². The highest BCUT2D eigenvalue weighted by molar-refractivity contribution is 6.31. The van der Waals surface area contributed by atoms with E-state index in [1.807, 2.05) is 0 Å². The van der Waals surface area contributed by atoms with Crippen molar-refractivity contribution in [2.24, 2.45) is 0 Å². The molecule has 0 unspecified atom stereocenters. The van der Waals surface area contributed by atoms with E-state index in [-0.39, 0.29) is 0 Å². The van der Waals surface area contributed by atoms with Gasteiger partial charge in [0.2, 0.25) is 0 Å². The second-order valence-corrected chi connectivity index (χ2v) is 13.6. The lowest BCUT2D eigenvalue weighted by Gasteiger charge is -2.20. The van der Waals surface area contributed by atoms with E-state index in [0.717, 1.165) is 0 Å². The van der Waals surface area contributed by atoms with Crippen LogP contribution in [0.15, 0.2) is 182 Å². The third kappa shape index (κ3) is 3.94. The first-order valence-corrected chi connectivity index (χ1v) is 17.4. The third-order valence-electron chi connectivity index (χ3n) is 11.0. The summed E-state index contributed by atoms with van der Waals surface area (Å²) < 4.78 is 0. The molecular formula is C50H30. The molecule has 11 aromatic carbocycles. The maximum absolute atomic E-state index is 2.46. The van der Waals surface area contributed by atoms with Crippen LogP contribution in [-0.4, -0.2) is 0 Å². The summed E-state index contributed by atoms with van der Waals surface area (Å²) in [6.45, 7) is 0. The molecule has 0 aliphatic carbocycles. The summed E-state index contributed by atoms with van der Waals surface area (Å²) in [6, 6.07) is 67.7. The number of benzene rings is 11. The summed E-state index contributed by atoms with van der Waals surface area (Å²) in [4.78, 5) is 0. The van der Waals surface area contributed by atoms with Crippen LogP contribution in [0.25, 0.3) is 109 Å². The van der Waals surface area contributed by atoms with E-state index in [2.05, 4.69) is 182 Å². The van der Waals surface area contributed by atoms with E-state index in [9.17, 15) is 0 Å². The van der Waals surface area contributed by atoms with Crippen molar-refractivity contribution in [1.82, 2.24) is 0 Å². The van der Waals surface area contributed by atoms with Gasteiger partial charge in [-0.15, -0.1) is 0 Å². The Morgan fingerprint density at radius 2 is 0.660 bits per heavy atom. The van der Waals surface area contributed by atoms with E-state index < -0.39 is 0 Å². The summed E-state index contributed by atoms with van der Waals surface area (Å²) in [5.41, 5.74) is 7.59. The Labute approximate surface area is 289 Å². The van der Waals surface area contributed by atoms with E-state index in [1.54, 1.807) is 0 Å². The Morgan fingerprint density at radius 1 is 0.200 bits per heavy atom. The molecule has 0 heterocycles. The van der Waals surface area contributed by atoms with Crippen molar-refractivity contribution in [3.05, 3.63) is 182 Å². The van der Waals surface area contributed by atoms with Crippen LogP contribution in [-0.2, 0) is 0 Å². The van der Waals surface area contributed by atoms with Gasteiger partial charge in [0.05, 0.1) is 0 Å². The molecule has 0 fully saturated rings. The van der Waals surface area contributed by atoms with Crippen molar-refractivity contribution < 1.29 is 0 Å². The molecule has 0 nitrogen and oxygen atoms in total. The van der Waals surface area contributed by atoms with Gasteiger partial charge in [-0.2, -0.15) is 0 Å². The molecule has 0 amide bonds. The van der Waals surface area contributed by atoms with Crippen molar-refractivity contribution in [2.75, 3.05) is 0 Å². The summed E-state index contributed by atoms with van der Waals surface area (Å²) in [7, 11) is 0. The SMILES string of the molecule is c1ccc2c(-c3ccc4ccc5c(-c6cccc7ccccc67)cc(-c6ccc7c(ccc8ccccc87)c6)c6ccc3c4c65)cccc2c1. The smallest absolute Gasteiger partial charge is 0.00141 e. The molecule has 0 spiro atoms. The Balaban J connectivity index is 1.27. The van der Waals surface area contributed by atoms with Gasteiger partial charge in [0.15, 0.2) is 0 Å². The predicted molar refractivity (Wildman–Crippen MR) is 216 cm³/mol. The molecule has 0 saturated heterocycles. The molecule has 0 aliphatic heterocycles. The lowest BCUT2D eigenvalue weighted by Crippen LogP contribution is -1.93. The topological polar surface area (TPSA) is 0 Å². The standard InChI is InChI=1S/C50H30/c1-5-15-38-31(9-1)12-7-17-41(38)43-25-21-34-22-26-46-48(42-18-8-13-32-10-2-6-16-39(32)42)30-47(45-28-27-44(43)49(34)50(45)46)36-23-24-40-35(29-36)20-19-33-11-3-4-14-37(33)40/h1-30H. The summed E-state index contributed by atoms with van der Waals surface area (Å²) >= 11 is 0. The van der Waals surface area contributed by atoms with Gasteiger partial charge in [-0.1, -0.05) is 170 Å². The van der Waals surface area contributed by atoms with Gasteiger partial charge in [0.25, 0.3) is 0 Å². The Morgan fingerprint density at radius 3 is 1.40 bits per heavy atom. The summed E-state index contributed by atoms with van der Waals surface area (Å²) in [5, 5.41) is 18.0. The zero-order chi connectivity index (χ0) is 32.8. The Kier molecular flexibility index (Phi) is 5.76. The van der Waals surface area contributed by atoms with Gasteiger partial charge in [-0.25, -0.2) is 0 Å². The van der Waals surface area contributed by atoms with E-state index in [1.165, 1.54) is 109 Å². The lowest BCUT2D eigenvalue weighted by atomic mass is 9.83. The van der Waals surface area contributed by atoms with Crippen LogP contribution in [0.1, 0.15) is 0 Å². The Bertz CT molecular complexity index is 3130. The molecule has 0 heteroatoms. The molecule has 0 radical (unpaired) electrons. The molecule has 50 heavy (non-hydrogen) atoms. The zero-order valence-corrected chi connectivity index (χ0v) is 27.3. The molecule has 0 aromatic heterocycles. The second-order valence-electron chi connectivity index (χ2n) is 13.6. The fourth-order valence-electron chi connectivity index (χ4n) is 8.69. The minimum absolute atomic E-state index is 1.24. The van der Waals surface area contributed by atoms with Crippen LogP contribution in [0.5, 0.6) is 0 Å². The molecule has 0 saturated carbocycles. The third-order valence-corrected chi connectivity index (χ3v) is 11.0. The average Bonchev–Trinajstić information content (AvgIpc) is 3.19. The summed E-state index contributed by atoms with van der Waals surface area (Å²) in [6.07, 6.45) is 0.